The molecule has 1 saturated carbocycles. The summed E-state index contributed by atoms with van der Waals surface area (Å²) in [7, 11) is 0. The third-order valence-electron chi connectivity index (χ3n) is 8.68. The van der Waals surface area contributed by atoms with Gasteiger partial charge in [0.15, 0.2) is 0 Å². The zero-order valence-electron chi connectivity index (χ0n) is 19.6. The molecule has 3 aliphatic rings. The number of phenolic OH excluding ortho intramolecular Hbond substituents is 1. The molecule has 2 atom stereocenters. The Balaban J connectivity index is 1.26. The first kappa shape index (κ1) is 21.4. The monoisotopic (exact) mass is 452 g/mol. The van der Waals surface area contributed by atoms with E-state index in [-0.39, 0.29) is 5.92 Å². The smallest absolute Gasteiger partial charge is 0.128 e. The highest BCUT2D eigenvalue weighted by atomic mass is 16.3. The summed E-state index contributed by atoms with van der Waals surface area (Å²) >= 11 is 0. The van der Waals surface area contributed by atoms with Crippen LogP contribution in [0.25, 0.3) is 0 Å². The van der Waals surface area contributed by atoms with Crippen molar-refractivity contribution in [3.05, 3.63) is 89.1 Å². The second-order valence-electron chi connectivity index (χ2n) is 10.7. The molecule has 34 heavy (non-hydrogen) atoms. The molecule has 2 aliphatic carbocycles. The highest BCUT2D eigenvalue weighted by molar-refractivity contribution is 5.56. The van der Waals surface area contributed by atoms with Gasteiger partial charge in [0.1, 0.15) is 17.9 Å². The maximum absolute atomic E-state index is 11.0. The molecule has 0 amide bonds. The number of benzene rings is 2. The van der Waals surface area contributed by atoms with Crippen LogP contribution in [0.1, 0.15) is 66.2 Å². The molecular weight excluding hydrogens is 420 g/mol. The van der Waals surface area contributed by atoms with Crippen molar-refractivity contribution in [3.63, 3.8) is 0 Å². The van der Waals surface area contributed by atoms with Gasteiger partial charge in [0.2, 0.25) is 0 Å². The third-order valence-corrected chi connectivity index (χ3v) is 8.68. The van der Waals surface area contributed by atoms with Gasteiger partial charge in [-0.1, -0.05) is 42.5 Å². The number of rotatable bonds is 4. The van der Waals surface area contributed by atoms with Crippen LogP contribution in [0.4, 0.5) is 5.82 Å². The minimum atomic E-state index is 0.230. The Morgan fingerprint density at radius 1 is 0.971 bits per heavy atom. The minimum Gasteiger partial charge on any atom is -0.508 e. The Bertz CT molecular complexity index is 1160. The number of aryl methyl sites for hydroxylation is 1. The first-order valence-corrected chi connectivity index (χ1v) is 12.7. The average Bonchev–Trinajstić information content (AvgIpc) is 2.87. The number of piperidine rings is 1. The summed E-state index contributed by atoms with van der Waals surface area (Å²) in [6.45, 7) is 2.05. The lowest BCUT2D eigenvalue weighted by Crippen LogP contribution is -2.47. The first-order chi connectivity index (χ1) is 16.6. The minimum absolute atomic E-state index is 0.230. The molecule has 1 aromatic heterocycles. The Hall–Kier alpha value is -3.14. The first-order valence-electron chi connectivity index (χ1n) is 12.7. The van der Waals surface area contributed by atoms with E-state index in [1.807, 2.05) is 12.1 Å². The van der Waals surface area contributed by atoms with Crippen LogP contribution in [-0.2, 0) is 11.2 Å². The Kier molecular flexibility index (Phi) is 5.40. The number of aldehydes is 1. The molecule has 174 valence electrons. The summed E-state index contributed by atoms with van der Waals surface area (Å²) in [5.74, 6) is 2.32. The van der Waals surface area contributed by atoms with Gasteiger partial charge in [-0.2, -0.15) is 0 Å². The quantitative estimate of drug-likeness (QED) is 0.505. The molecule has 0 bridgehead atoms. The number of carbonyl (C=O) groups is 1. The van der Waals surface area contributed by atoms with E-state index in [2.05, 4.69) is 59.6 Å². The van der Waals surface area contributed by atoms with E-state index in [1.54, 1.807) is 0 Å². The lowest BCUT2D eigenvalue weighted by atomic mass is 9.58. The predicted molar refractivity (Wildman–Crippen MR) is 134 cm³/mol. The van der Waals surface area contributed by atoms with E-state index in [1.165, 1.54) is 22.3 Å². The number of pyridine rings is 1. The summed E-state index contributed by atoms with van der Waals surface area (Å²) in [5, 5.41) is 10.1. The number of fused-ring (bicyclic) bond motifs is 1. The number of phenols is 1. The van der Waals surface area contributed by atoms with Gasteiger partial charge in [-0.05, 0) is 90.3 Å². The summed E-state index contributed by atoms with van der Waals surface area (Å²) in [4.78, 5) is 18.4. The second-order valence-corrected chi connectivity index (χ2v) is 10.7. The van der Waals surface area contributed by atoms with Gasteiger partial charge in [0.05, 0.1) is 0 Å². The number of aromatic hydroxyl groups is 1. The molecule has 4 heteroatoms. The summed E-state index contributed by atoms with van der Waals surface area (Å²) in [6, 6.07) is 21.1. The summed E-state index contributed by atoms with van der Waals surface area (Å²) in [5.41, 5.74) is 5.57. The number of anilines is 1. The van der Waals surface area contributed by atoms with Crippen LogP contribution in [0.5, 0.6) is 5.75 Å². The highest BCUT2D eigenvalue weighted by Gasteiger charge is 2.45. The largest absolute Gasteiger partial charge is 0.508 e. The molecule has 2 heterocycles. The van der Waals surface area contributed by atoms with Gasteiger partial charge in [0, 0.05) is 31.1 Å². The molecule has 2 fully saturated rings. The van der Waals surface area contributed by atoms with Gasteiger partial charge in [-0.25, -0.2) is 4.98 Å². The highest BCUT2D eigenvalue weighted by Crippen LogP contribution is 2.52. The van der Waals surface area contributed by atoms with Crippen molar-refractivity contribution in [2.24, 2.45) is 11.3 Å². The Morgan fingerprint density at radius 3 is 2.47 bits per heavy atom. The second kappa shape index (κ2) is 8.57. The van der Waals surface area contributed by atoms with E-state index >= 15 is 0 Å². The van der Waals surface area contributed by atoms with Crippen LogP contribution in [0.15, 0.2) is 66.9 Å². The fraction of sp³-hybridized carbons (Fsp3) is 0.400. The van der Waals surface area contributed by atoms with Crippen LogP contribution in [0.3, 0.4) is 0 Å². The molecule has 0 unspecified atom stereocenters. The molecule has 1 spiro atoms. The van der Waals surface area contributed by atoms with Crippen LogP contribution in [0.2, 0.25) is 0 Å². The Morgan fingerprint density at radius 2 is 1.76 bits per heavy atom. The molecule has 3 aromatic rings. The summed E-state index contributed by atoms with van der Waals surface area (Å²) in [6.07, 6.45) is 9.74. The van der Waals surface area contributed by atoms with Crippen LogP contribution in [0, 0.1) is 11.3 Å². The third kappa shape index (κ3) is 3.79. The maximum Gasteiger partial charge on any atom is 0.128 e. The fourth-order valence-corrected chi connectivity index (χ4v) is 6.81. The maximum atomic E-state index is 11.0. The lowest BCUT2D eigenvalue weighted by molar-refractivity contribution is -0.118. The standard InChI is InChI=1S/C30H32N2O2/c33-20-21-17-30(18-21)12-14-32(15-13-30)28-11-7-24(19-31-28)29-26(22-4-2-1-3-5-22)9-6-23-16-25(34)8-10-27(23)29/h1-5,7-8,10-11,16,19-21,26,29,34H,6,9,12-15,17-18H2/t26-,29+/m1/s1. The predicted octanol–water partition coefficient (Wildman–Crippen LogP) is 5.84. The molecule has 4 nitrogen and oxygen atoms in total. The fourth-order valence-electron chi connectivity index (χ4n) is 6.81. The van der Waals surface area contributed by atoms with Crippen molar-refractivity contribution in [3.8, 4) is 5.75 Å². The van der Waals surface area contributed by atoms with Crippen molar-refractivity contribution in [1.29, 1.82) is 0 Å². The van der Waals surface area contributed by atoms with Crippen molar-refractivity contribution >= 4 is 12.1 Å². The zero-order chi connectivity index (χ0) is 23.1. The normalized spacial score (nSPS) is 23.8. The van der Waals surface area contributed by atoms with E-state index in [0.29, 0.717) is 23.0 Å². The topological polar surface area (TPSA) is 53.4 Å². The summed E-state index contributed by atoms with van der Waals surface area (Å²) < 4.78 is 0. The molecule has 1 N–H and O–H groups in total. The van der Waals surface area contributed by atoms with Crippen LogP contribution in [-0.4, -0.2) is 29.5 Å². The molecule has 1 saturated heterocycles. The number of carbonyl (C=O) groups excluding carboxylic acids is 1. The molecule has 2 aromatic carbocycles. The van der Waals surface area contributed by atoms with Crippen LogP contribution >= 0.6 is 0 Å². The van der Waals surface area contributed by atoms with Crippen molar-refractivity contribution in [1.82, 2.24) is 4.98 Å². The number of hydrogen-bond acceptors (Lipinski definition) is 4. The van der Waals surface area contributed by atoms with E-state index in [4.69, 9.17) is 4.98 Å². The molecular formula is C30H32N2O2. The van der Waals surface area contributed by atoms with E-state index in [9.17, 15) is 9.90 Å². The van der Waals surface area contributed by atoms with Gasteiger partial charge in [0.25, 0.3) is 0 Å². The molecule has 1 aliphatic heterocycles. The van der Waals surface area contributed by atoms with Gasteiger partial charge in [-0.15, -0.1) is 0 Å². The number of aromatic nitrogens is 1. The van der Waals surface area contributed by atoms with Crippen molar-refractivity contribution < 1.29 is 9.90 Å². The number of hydrogen-bond donors (Lipinski definition) is 1. The van der Waals surface area contributed by atoms with E-state index in [0.717, 1.165) is 63.7 Å². The molecule has 0 radical (unpaired) electrons. The van der Waals surface area contributed by atoms with Gasteiger partial charge < -0.3 is 14.8 Å². The zero-order valence-corrected chi connectivity index (χ0v) is 19.6. The lowest BCUT2D eigenvalue weighted by Gasteiger charge is -2.51. The Labute approximate surface area is 201 Å². The van der Waals surface area contributed by atoms with Gasteiger partial charge >= 0.3 is 0 Å². The SMILES string of the molecule is O=CC1CC2(CCN(c3ccc([C@@H]4c5ccc(O)cc5CC[C@@H]4c4ccccc4)cn3)CC2)C1. The van der Waals surface area contributed by atoms with Crippen molar-refractivity contribution in [2.45, 2.75) is 50.4 Å². The average molecular weight is 453 g/mol. The number of nitrogens with zero attached hydrogens (tertiary/aromatic N) is 2. The van der Waals surface area contributed by atoms with Gasteiger partial charge in [-0.3, -0.25) is 0 Å². The molecule has 6 rings (SSSR count). The van der Waals surface area contributed by atoms with E-state index < -0.39 is 0 Å². The van der Waals surface area contributed by atoms with Crippen LogP contribution < -0.4 is 4.90 Å². The van der Waals surface area contributed by atoms with Crippen molar-refractivity contribution in [2.75, 3.05) is 18.0 Å².